The van der Waals surface area contributed by atoms with Gasteiger partial charge in [0.2, 0.25) is 0 Å². The number of Topliss-reactive ketones (excluding diaryl/α,β-unsaturated/α-hetero) is 1. The molecule has 17 atom stereocenters. The predicted octanol–water partition coefficient (Wildman–Crippen LogP) is 6.43. The number of rotatable bonds is 11. The molecule has 3 heterocycles. The first kappa shape index (κ1) is 42.6. The zero-order chi connectivity index (χ0) is 39.6. The summed E-state index contributed by atoms with van der Waals surface area (Å²) in [5.41, 5.74) is 2.06. The highest BCUT2D eigenvalue weighted by molar-refractivity contribution is 5.99. The maximum atomic E-state index is 14.8. The average molecular weight is 772 g/mol. The summed E-state index contributed by atoms with van der Waals surface area (Å²) in [5.74, 6) is -0.0537. The number of allylic oxidation sites excluding steroid dienone is 4. The van der Waals surface area contributed by atoms with E-state index in [1.807, 2.05) is 19.9 Å². The second kappa shape index (κ2) is 18.7. The van der Waals surface area contributed by atoms with Crippen LogP contribution in [0.1, 0.15) is 92.4 Å². The Balaban J connectivity index is 1.22. The van der Waals surface area contributed by atoms with Gasteiger partial charge in [-0.1, -0.05) is 37.6 Å². The largest absolute Gasteiger partial charge is 0.462 e. The van der Waals surface area contributed by atoms with Crippen molar-refractivity contribution >= 4 is 11.8 Å². The van der Waals surface area contributed by atoms with Crippen molar-refractivity contribution in [3.05, 3.63) is 36.0 Å². The Labute approximate surface area is 329 Å². The van der Waals surface area contributed by atoms with Gasteiger partial charge in [0.25, 0.3) is 0 Å². The van der Waals surface area contributed by atoms with Crippen LogP contribution in [0.2, 0.25) is 0 Å². The fourth-order valence-corrected chi connectivity index (χ4v) is 11.0. The number of ether oxygens (including phenoxy) is 8. The highest BCUT2D eigenvalue weighted by Crippen LogP contribution is 2.56. The van der Waals surface area contributed by atoms with Crippen LogP contribution in [0.3, 0.4) is 0 Å². The molecule has 0 aromatic carbocycles. The molecule has 4 fully saturated rings. The van der Waals surface area contributed by atoms with E-state index in [9.17, 15) is 9.59 Å². The second-order valence-electron chi connectivity index (χ2n) is 17.2. The first-order valence-corrected chi connectivity index (χ1v) is 21.1. The molecule has 0 spiro atoms. The Kier molecular flexibility index (Phi) is 14.5. The van der Waals surface area contributed by atoms with Crippen LogP contribution in [0, 0.1) is 35.5 Å². The number of methoxy groups -OCH3 is 3. The molecule has 0 aromatic heterocycles. The molecule has 6 rings (SSSR count). The van der Waals surface area contributed by atoms with Crippen molar-refractivity contribution in [2.75, 3.05) is 34.9 Å². The average Bonchev–Trinajstić information content (AvgIpc) is 3.74. The van der Waals surface area contributed by atoms with Crippen molar-refractivity contribution in [1.82, 2.24) is 4.90 Å². The smallest absolute Gasteiger partial charge is 0.306 e. The number of hydrogen-bond acceptors (Lipinski definition) is 11. The third-order valence-corrected chi connectivity index (χ3v) is 14.0. The molecule has 3 aliphatic carbocycles. The van der Waals surface area contributed by atoms with Crippen LogP contribution in [-0.4, -0.2) is 119 Å². The first-order valence-electron chi connectivity index (χ1n) is 21.1. The molecule has 11 nitrogen and oxygen atoms in total. The van der Waals surface area contributed by atoms with Gasteiger partial charge in [-0.25, -0.2) is 0 Å². The number of likely N-dealkylation sites (N-methyl/N-ethyl adjacent to an activating group) is 1. The summed E-state index contributed by atoms with van der Waals surface area (Å²) in [6.07, 6.45) is 10.3. The maximum absolute atomic E-state index is 14.8. The number of carbonyl (C=O) groups excluding carboxylic acids is 2. The summed E-state index contributed by atoms with van der Waals surface area (Å²) >= 11 is 0. The van der Waals surface area contributed by atoms with Crippen molar-refractivity contribution in [2.24, 2.45) is 35.5 Å². The molecule has 1 saturated carbocycles. The topological polar surface area (TPSA) is 111 Å². The lowest BCUT2D eigenvalue weighted by Gasteiger charge is -2.44. The van der Waals surface area contributed by atoms with Gasteiger partial charge in [-0.3, -0.25) is 14.5 Å². The van der Waals surface area contributed by atoms with Crippen LogP contribution < -0.4 is 0 Å². The van der Waals surface area contributed by atoms with Crippen LogP contribution in [0.25, 0.3) is 0 Å². The number of ketones is 1. The summed E-state index contributed by atoms with van der Waals surface area (Å²) in [5, 5.41) is 0. The molecule has 11 heteroatoms. The fourth-order valence-electron chi connectivity index (χ4n) is 11.0. The minimum Gasteiger partial charge on any atom is -0.462 e. The van der Waals surface area contributed by atoms with E-state index in [1.54, 1.807) is 21.3 Å². The number of cyclic esters (lactones) is 1. The number of fused-ring (bicyclic) bond motifs is 5. The van der Waals surface area contributed by atoms with Crippen LogP contribution in [0.15, 0.2) is 36.0 Å². The van der Waals surface area contributed by atoms with Gasteiger partial charge in [0.1, 0.15) is 24.4 Å². The van der Waals surface area contributed by atoms with E-state index >= 15 is 0 Å². The van der Waals surface area contributed by atoms with Crippen molar-refractivity contribution in [1.29, 1.82) is 0 Å². The third-order valence-electron chi connectivity index (χ3n) is 14.0. The van der Waals surface area contributed by atoms with Gasteiger partial charge in [-0.15, -0.1) is 6.58 Å². The zero-order valence-corrected chi connectivity index (χ0v) is 34.9. The quantitative estimate of drug-likeness (QED) is 0.171. The number of hydrogen-bond donors (Lipinski definition) is 0. The van der Waals surface area contributed by atoms with Crippen molar-refractivity contribution in [2.45, 2.75) is 160 Å². The van der Waals surface area contributed by atoms with E-state index in [0.717, 1.165) is 57.1 Å². The first-order chi connectivity index (χ1) is 26.4. The van der Waals surface area contributed by atoms with Gasteiger partial charge in [0.05, 0.1) is 30.8 Å². The van der Waals surface area contributed by atoms with Crippen molar-refractivity contribution in [3.63, 3.8) is 0 Å². The minimum absolute atomic E-state index is 0.00536. The number of nitrogens with zero attached hydrogens (tertiary/aromatic N) is 1. The minimum atomic E-state index is -0.603. The monoisotopic (exact) mass is 771 g/mol. The highest BCUT2D eigenvalue weighted by atomic mass is 16.7. The summed E-state index contributed by atoms with van der Waals surface area (Å²) in [4.78, 5) is 30.7. The molecule has 0 aromatic rings. The Hall–Kier alpha value is -1.96. The Morgan fingerprint density at radius 2 is 1.62 bits per heavy atom. The zero-order valence-electron chi connectivity index (χ0n) is 34.9. The lowest BCUT2D eigenvalue weighted by Crippen LogP contribution is -2.59. The molecule has 0 radical (unpaired) electrons. The van der Waals surface area contributed by atoms with Gasteiger partial charge in [-0.05, 0) is 108 Å². The van der Waals surface area contributed by atoms with Crippen LogP contribution >= 0.6 is 0 Å². The summed E-state index contributed by atoms with van der Waals surface area (Å²) in [6, 6.07) is 0.285. The van der Waals surface area contributed by atoms with E-state index in [0.29, 0.717) is 12.3 Å². The Morgan fingerprint density at radius 3 is 2.29 bits per heavy atom. The van der Waals surface area contributed by atoms with E-state index in [1.165, 1.54) is 5.57 Å². The van der Waals surface area contributed by atoms with Gasteiger partial charge < -0.3 is 37.9 Å². The summed E-state index contributed by atoms with van der Waals surface area (Å²) in [6.45, 7) is 15.1. The molecule has 0 amide bonds. The van der Waals surface area contributed by atoms with Gasteiger partial charge in [0.15, 0.2) is 18.4 Å². The standard InChI is InChI=1S/C44H69NO10/c1-11-18-45(7)36-16-17-39(51-26(36)5)55-37-15-13-14-28(12-2)53-38(46)23-34-31-19-24(3)30-20-29(21-32(30)33(31)22-35(34)40(47)25(37)4)54-44-43(50-10)42(49-9)41(48-8)27(6)52-44/h11,19,22,25-34,36-37,39,41-44H,1,12-18,20-21,23H2,2-10H3/t25-,26?,27?,28+,29-,30+,31-,32-,33-,34+,36+,37+,39+,41+,42-,43?,44+/m1/s1. The van der Waals surface area contributed by atoms with E-state index in [4.69, 9.17) is 37.9 Å². The van der Waals surface area contributed by atoms with Gasteiger partial charge >= 0.3 is 5.97 Å². The normalized spacial score (nSPS) is 44.0. The van der Waals surface area contributed by atoms with Crippen LogP contribution in [0.4, 0.5) is 0 Å². The molecule has 55 heavy (non-hydrogen) atoms. The van der Waals surface area contributed by atoms with E-state index in [2.05, 4.69) is 51.4 Å². The highest BCUT2D eigenvalue weighted by Gasteiger charge is 2.53. The van der Waals surface area contributed by atoms with Crippen molar-refractivity contribution < 1.29 is 47.5 Å². The Bertz CT molecular complexity index is 1400. The maximum Gasteiger partial charge on any atom is 0.306 e. The predicted molar refractivity (Wildman–Crippen MR) is 208 cm³/mol. The SMILES string of the molecule is C=CCN(C)[C@H]1CC[C@H](O[C@H]2CCC[C@H](CC)OC(=O)C[C@@H]3C(=C[C@@H]4[C@H]3C=C(C)[C@@H]3C[C@@H](O[C@@H]5OC(C)[C@H](OC)[C@@H](OC)C5OC)C[C@@H]43)C(=O)[C@@H]2C)OC1C. The number of carbonyl (C=O) groups is 2. The summed E-state index contributed by atoms with van der Waals surface area (Å²) in [7, 11) is 7.09. The molecule has 3 saturated heterocycles. The Morgan fingerprint density at radius 1 is 0.873 bits per heavy atom. The molecule has 3 aliphatic heterocycles. The molecule has 310 valence electrons. The van der Waals surface area contributed by atoms with Gasteiger partial charge in [-0.2, -0.15) is 0 Å². The van der Waals surface area contributed by atoms with Crippen molar-refractivity contribution in [3.8, 4) is 0 Å². The third kappa shape index (κ3) is 9.04. The number of esters is 1. The second-order valence-corrected chi connectivity index (χ2v) is 17.2. The van der Waals surface area contributed by atoms with E-state index < -0.39 is 12.4 Å². The van der Waals surface area contributed by atoms with Crippen LogP contribution in [-0.2, 0) is 47.5 Å². The van der Waals surface area contributed by atoms with Gasteiger partial charge in [0, 0.05) is 45.8 Å². The molecule has 0 bridgehead atoms. The lowest BCUT2D eigenvalue weighted by molar-refractivity contribution is -0.314. The molecule has 3 unspecified atom stereocenters. The lowest BCUT2D eigenvalue weighted by atomic mass is 9.67. The summed E-state index contributed by atoms with van der Waals surface area (Å²) < 4.78 is 49.9. The van der Waals surface area contributed by atoms with E-state index in [-0.39, 0.29) is 103 Å². The molecule has 6 aliphatic rings. The van der Waals surface area contributed by atoms with Crippen LogP contribution in [0.5, 0.6) is 0 Å². The molecular formula is C44H69NO10. The fraction of sp³-hybridized carbons (Fsp3) is 0.818. The molecule has 0 N–H and O–H groups in total. The molecular weight excluding hydrogens is 702 g/mol.